The second kappa shape index (κ2) is 8.85. The van der Waals surface area contributed by atoms with Gasteiger partial charge in [0.05, 0.1) is 29.0 Å². The number of halogens is 3. The zero-order valence-electron chi connectivity index (χ0n) is 19.6. The predicted octanol–water partition coefficient (Wildman–Crippen LogP) is 4.95. The Hall–Kier alpha value is -4.53. The molecule has 1 amide bonds. The number of pyridine rings is 1. The van der Waals surface area contributed by atoms with Gasteiger partial charge < -0.3 is 20.4 Å². The molecule has 188 valence electrons. The summed E-state index contributed by atoms with van der Waals surface area (Å²) in [6, 6.07) is 18.4. The molecule has 0 aliphatic carbocycles. The van der Waals surface area contributed by atoms with Crippen molar-refractivity contribution in [1.82, 2.24) is 9.55 Å². The van der Waals surface area contributed by atoms with Crippen molar-refractivity contribution in [1.29, 1.82) is 0 Å². The van der Waals surface area contributed by atoms with Gasteiger partial charge in [0.15, 0.2) is 0 Å². The number of nitrogens with zero attached hydrogens (tertiary/aromatic N) is 1. The predicted molar refractivity (Wildman–Crippen MR) is 134 cm³/mol. The molecule has 0 fully saturated rings. The molecular weight excluding hydrogens is 483 g/mol. The molecule has 6 nitrogen and oxygen atoms in total. The van der Waals surface area contributed by atoms with Crippen molar-refractivity contribution in [2.45, 2.75) is 18.5 Å². The SMILES string of the molecule is Cn1c(=O)c(C(c2ccc(C(F)(F)F)cc2)c2[nH]c3ccccc3c2CC(N)=O)c(O)c2ccccc21. The molecule has 37 heavy (non-hydrogen) atoms. The highest BCUT2D eigenvalue weighted by Crippen LogP contribution is 2.41. The van der Waals surface area contributed by atoms with Crippen LogP contribution in [0.5, 0.6) is 5.75 Å². The second-order valence-corrected chi connectivity index (χ2v) is 8.90. The number of hydrogen-bond acceptors (Lipinski definition) is 3. The van der Waals surface area contributed by atoms with E-state index in [4.69, 9.17) is 5.73 Å². The lowest BCUT2D eigenvalue weighted by Gasteiger charge is -2.22. The molecule has 0 saturated carbocycles. The zero-order chi connectivity index (χ0) is 26.5. The summed E-state index contributed by atoms with van der Waals surface area (Å²) in [5, 5.41) is 12.5. The highest BCUT2D eigenvalue weighted by atomic mass is 19.4. The average molecular weight is 505 g/mol. The normalized spacial score (nSPS) is 12.8. The largest absolute Gasteiger partial charge is 0.507 e. The summed E-state index contributed by atoms with van der Waals surface area (Å²) < 4.78 is 41.3. The Morgan fingerprint density at radius 1 is 1.00 bits per heavy atom. The lowest BCUT2D eigenvalue weighted by molar-refractivity contribution is -0.137. The minimum atomic E-state index is -4.55. The number of para-hydroxylation sites is 2. The Balaban J connectivity index is 1.87. The first-order chi connectivity index (χ1) is 17.6. The molecule has 9 heteroatoms. The van der Waals surface area contributed by atoms with E-state index in [1.807, 2.05) is 0 Å². The van der Waals surface area contributed by atoms with Gasteiger partial charge in [-0.25, -0.2) is 0 Å². The number of carbonyl (C=O) groups is 1. The average Bonchev–Trinajstić information content (AvgIpc) is 3.22. The Kier molecular flexibility index (Phi) is 5.78. The lowest BCUT2D eigenvalue weighted by atomic mass is 9.84. The van der Waals surface area contributed by atoms with E-state index in [0.717, 1.165) is 12.1 Å². The number of nitrogens with two attached hydrogens (primary N) is 1. The topological polar surface area (TPSA) is 101 Å². The van der Waals surface area contributed by atoms with Crippen molar-refractivity contribution < 1.29 is 23.1 Å². The molecule has 1 atom stereocenters. The number of primary amides is 1. The number of aromatic amines is 1. The van der Waals surface area contributed by atoms with E-state index in [-0.39, 0.29) is 17.7 Å². The van der Waals surface area contributed by atoms with E-state index in [1.54, 1.807) is 55.6 Å². The first-order valence-corrected chi connectivity index (χ1v) is 11.4. The van der Waals surface area contributed by atoms with Crippen molar-refractivity contribution >= 4 is 27.7 Å². The van der Waals surface area contributed by atoms with Gasteiger partial charge >= 0.3 is 6.18 Å². The maximum atomic E-state index is 13.7. The summed E-state index contributed by atoms with van der Waals surface area (Å²) in [7, 11) is 1.56. The van der Waals surface area contributed by atoms with Crippen LogP contribution in [-0.4, -0.2) is 20.6 Å². The molecule has 2 aromatic heterocycles. The Morgan fingerprint density at radius 3 is 2.27 bits per heavy atom. The summed E-state index contributed by atoms with van der Waals surface area (Å²) >= 11 is 0. The fourth-order valence-corrected chi connectivity index (χ4v) is 4.94. The van der Waals surface area contributed by atoms with Crippen LogP contribution < -0.4 is 11.3 Å². The standard InChI is InChI=1S/C28H22F3N3O3/c1-34-21-9-5-3-7-18(21)26(36)24(27(34)37)23(15-10-12-16(13-11-15)28(29,30)31)25-19(14-22(32)35)17-6-2-4-8-20(17)33-25/h2-13,23,33,36H,14H2,1H3,(H2,32,35). The van der Waals surface area contributed by atoms with Gasteiger partial charge in [-0.2, -0.15) is 13.2 Å². The van der Waals surface area contributed by atoms with Crippen molar-refractivity contribution in [2.75, 3.05) is 0 Å². The molecule has 0 aliphatic heterocycles. The quantitative estimate of drug-likeness (QED) is 0.315. The minimum Gasteiger partial charge on any atom is -0.507 e. The van der Waals surface area contributed by atoms with E-state index < -0.39 is 29.1 Å². The van der Waals surface area contributed by atoms with Crippen LogP contribution in [0.1, 0.15) is 33.9 Å². The van der Waals surface area contributed by atoms with Crippen LogP contribution >= 0.6 is 0 Å². The molecule has 4 N–H and O–H groups in total. The third kappa shape index (κ3) is 4.12. The minimum absolute atomic E-state index is 0.0294. The molecule has 0 bridgehead atoms. The molecule has 3 aromatic carbocycles. The zero-order valence-corrected chi connectivity index (χ0v) is 19.6. The Bertz CT molecular complexity index is 1720. The van der Waals surface area contributed by atoms with Crippen LogP contribution in [0, 0.1) is 0 Å². The summed E-state index contributed by atoms with van der Waals surface area (Å²) in [4.78, 5) is 29.0. The van der Waals surface area contributed by atoms with E-state index >= 15 is 0 Å². The van der Waals surface area contributed by atoms with E-state index in [9.17, 15) is 27.9 Å². The number of nitrogens with one attached hydrogen (secondary N) is 1. The first-order valence-electron chi connectivity index (χ1n) is 11.4. The van der Waals surface area contributed by atoms with Crippen LogP contribution in [-0.2, 0) is 24.4 Å². The highest BCUT2D eigenvalue weighted by Gasteiger charge is 2.33. The molecule has 5 aromatic rings. The van der Waals surface area contributed by atoms with Gasteiger partial charge in [0, 0.05) is 29.0 Å². The maximum Gasteiger partial charge on any atom is 0.416 e. The number of carbonyl (C=O) groups excluding carboxylic acids is 1. The number of aromatic hydroxyl groups is 1. The van der Waals surface area contributed by atoms with Crippen LogP contribution in [0.25, 0.3) is 21.8 Å². The third-order valence-corrected chi connectivity index (χ3v) is 6.66. The Morgan fingerprint density at radius 2 is 1.62 bits per heavy atom. The number of fused-ring (bicyclic) bond motifs is 2. The number of H-pyrrole nitrogens is 1. The van der Waals surface area contributed by atoms with Gasteiger partial charge in [0.2, 0.25) is 5.91 Å². The maximum absolute atomic E-state index is 13.7. The Labute approximate surface area is 208 Å². The van der Waals surface area contributed by atoms with Crippen molar-refractivity contribution in [2.24, 2.45) is 12.8 Å². The third-order valence-electron chi connectivity index (χ3n) is 6.66. The fourth-order valence-electron chi connectivity index (χ4n) is 4.94. The van der Waals surface area contributed by atoms with E-state index in [2.05, 4.69) is 4.98 Å². The summed E-state index contributed by atoms with van der Waals surface area (Å²) in [5.41, 5.74) is 6.52. The van der Waals surface area contributed by atoms with Crippen molar-refractivity contribution in [3.05, 3.63) is 111 Å². The number of aromatic nitrogens is 2. The smallest absolute Gasteiger partial charge is 0.416 e. The number of alkyl halides is 3. The molecule has 2 heterocycles. The molecule has 5 rings (SSSR count). The van der Waals surface area contributed by atoms with Crippen LogP contribution in [0.2, 0.25) is 0 Å². The molecule has 0 radical (unpaired) electrons. The number of hydrogen-bond donors (Lipinski definition) is 3. The number of amides is 1. The van der Waals surface area contributed by atoms with Crippen molar-refractivity contribution in [3.8, 4) is 5.75 Å². The van der Waals surface area contributed by atoms with Gasteiger partial charge in [-0.05, 0) is 41.5 Å². The van der Waals surface area contributed by atoms with E-state index in [0.29, 0.717) is 38.6 Å². The monoisotopic (exact) mass is 505 g/mol. The molecular formula is C28H22F3N3O3. The van der Waals surface area contributed by atoms with Crippen LogP contribution in [0.3, 0.4) is 0 Å². The molecule has 0 aliphatic rings. The van der Waals surface area contributed by atoms with Gasteiger partial charge in [-0.1, -0.05) is 42.5 Å². The van der Waals surface area contributed by atoms with E-state index in [1.165, 1.54) is 16.7 Å². The summed E-state index contributed by atoms with van der Waals surface area (Å²) in [6.07, 6.45) is -4.72. The number of rotatable bonds is 5. The first kappa shape index (κ1) is 24.2. The lowest BCUT2D eigenvalue weighted by Crippen LogP contribution is -2.26. The summed E-state index contributed by atoms with van der Waals surface area (Å²) in [5.74, 6) is -1.92. The highest BCUT2D eigenvalue weighted by molar-refractivity contribution is 5.91. The van der Waals surface area contributed by atoms with Gasteiger partial charge in [-0.15, -0.1) is 0 Å². The van der Waals surface area contributed by atoms with Crippen LogP contribution in [0.15, 0.2) is 77.6 Å². The van der Waals surface area contributed by atoms with Gasteiger partial charge in [0.1, 0.15) is 5.75 Å². The van der Waals surface area contributed by atoms with Crippen molar-refractivity contribution in [3.63, 3.8) is 0 Å². The molecule has 0 spiro atoms. The fraction of sp³-hybridized carbons (Fsp3) is 0.143. The number of aryl methyl sites for hydroxylation is 1. The number of benzene rings is 3. The second-order valence-electron chi connectivity index (χ2n) is 8.90. The van der Waals surface area contributed by atoms with Gasteiger partial charge in [0.25, 0.3) is 5.56 Å². The summed E-state index contributed by atoms with van der Waals surface area (Å²) in [6.45, 7) is 0. The molecule has 1 unspecified atom stereocenters. The van der Waals surface area contributed by atoms with Crippen LogP contribution in [0.4, 0.5) is 13.2 Å². The molecule has 0 saturated heterocycles. The van der Waals surface area contributed by atoms with Gasteiger partial charge in [-0.3, -0.25) is 9.59 Å².